The Morgan fingerprint density at radius 2 is 1.95 bits per heavy atom. The molecule has 0 aliphatic carbocycles. The highest BCUT2D eigenvalue weighted by atomic mass is 79.9. The topological polar surface area (TPSA) is 43.4 Å². The van der Waals surface area contributed by atoms with Crippen LogP contribution in [0.1, 0.15) is 26.7 Å². The van der Waals surface area contributed by atoms with Gasteiger partial charge in [0.1, 0.15) is 11.6 Å². The third-order valence-corrected chi connectivity index (χ3v) is 5.35. The Hall–Kier alpha value is -0.330. The second-order valence-electron chi connectivity index (χ2n) is 4.75. The molecule has 1 aromatic carbocycles. The highest BCUT2D eigenvalue weighted by Gasteiger charge is 2.32. The van der Waals surface area contributed by atoms with Gasteiger partial charge in [0.15, 0.2) is 0 Å². The van der Waals surface area contributed by atoms with E-state index in [-0.39, 0.29) is 12.4 Å². The van der Waals surface area contributed by atoms with Gasteiger partial charge in [-0.15, -0.1) is 0 Å². The zero-order chi connectivity index (χ0) is 15.4. The predicted molar refractivity (Wildman–Crippen MR) is 82.2 cm³/mol. The van der Waals surface area contributed by atoms with Crippen molar-refractivity contribution in [2.24, 2.45) is 5.41 Å². The maximum atomic E-state index is 13.2. The van der Waals surface area contributed by atoms with E-state index in [1.54, 1.807) is 6.07 Å². The molecule has 0 radical (unpaired) electrons. The van der Waals surface area contributed by atoms with Gasteiger partial charge in [-0.2, -0.15) is 0 Å². The first kappa shape index (κ1) is 17.7. The SMILES string of the molecule is CCC(CC)(COc1cc(F)ccc1Br)CS(=O)(=O)Cl. The molecule has 0 aromatic heterocycles. The summed E-state index contributed by atoms with van der Waals surface area (Å²) in [4.78, 5) is 0. The third-order valence-electron chi connectivity index (χ3n) is 3.41. The molecule has 0 unspecified atom stereocenters. The average Bonchev–Trinajstić information content (AvgIpc) is 2.37. The van der Waals surface area contributed by atoms with E-state index in [9.17, 15) is 12.8 Å². The molecule has 0 heterocycles. The van der Waals surface area contributed by atoms with Crippen molar-refractivity contribution in [3.05, 3.63) is 28.5 Å². The van der Waals surface area contributed by atoms with Crippen LogP contribution in [0.4, 0.5) is 4.39 Å². The van der Waals surface area contributed by atoms with Crippen LogP contribution in [0.3, 0.4) is 0 Å². The second kappa shape index (κ2) is 7.09. The minimum Gasteiger partial charge on any atom is -0.492 e. The van der Waals surface area contributed by atoms with E-state index in [0.29, 0.717) is 23.1 Å². The molecule has 0 aliphatic rings. The quantitative estimate of drug-likeness (QED) is 0.654. The molecule has 20 heavy (non-hydrogen) atoms. The highest BCUT2D eigenvalue weighted by molar-refractivity contribution is 9.10. The third kappa shape index (κ3) is 5.22. The normalized spacial score (nSPS) is 12.4. The van der Waals surface area contributed by atoms with Crippen LogP contribution in [-0.2, 0) is 9.05 Å². The van der Waals surface area contributed by atoms with Crippen molar-refractivity contribution in [1.29, 1.82) is 0 Å². The molecular weight excluding hydrogens is 371 g/mol. The fourth-order valence-corrected chi connectivity index (χ4v) is 4.16. The molecule has 0 N–H and O–H groups in total. The number of ether oxygens (including phenoxy) is 1. The summed E-state index contributed by atoms with van der Waals surface area (Å²) >= 11 is 3.27. The predicted octanol–water partition coefficient (Wildman–Crippen LogP) is 4.34. The van der Waals surface area contributed by atoms with Crippen LogP contribution < -0.4 is 4.74 Å². The van der Waals surface area contributed by atoms with Gasteiger partial charge in [0, 0.05) is 22.2 Å². The van der Waals surface area contributed by atoms with Crippen LogP contribution in [0.5, 0.6) is 5.75 Å². The summed E-state index contributed by atoms with van der Waals surface area (Å²) in [5, 5.41) is 0. The largest absolute Gasteiger partial charge is 0.492 e. The van der Waals surface area contributed by atoms with E-state index in [1.165, 1.54) is 12.1 Å². The monoisotopic (exact) mass is 386 g/mol. The van der Waals surface area contributed by atoms with Gasteiger partial charge in [0.25, 0.3) is 0 Å². The molecule has 0 spiro atoms. The van der Waals surface area contributed by atoms with Gasteiger partial charge in [0.2, 0.25) is 9.05 Å². The van der Waals surface area contributed by atoms with Crippen molar-refractivity contribution in [2.75, 3.05) is 12.4 Å². The van der Waals surface area contributed by atoms with Crippen LogP contribution in [0, 0.1) is 11.2 Å². The number of rotatable bonds is 7. The Kier molecular flexibility index (Phi) is 6.28. The van der Waals surface area contributed by atoms with Crippen molar-refractivity contribution in [3.63, 3.8) is 0 Å². The van der Waals surface area contributed by atoms with E-state index in [1.807, 2.05) is 13.8 Å². The fourth-order valence-electron chi connectivity index (χ4n) is 1.88. The van der Waals surface area contributed by atoms with E-state index >= 15 is 0 Å². The van der Waals surface area contributed by atoms with Crippen molar-refractivity contribution in [3.8, 4) is 5.75 Å². The van der Waals surface area contributed by atoms with Crippen molar-refractivity contribution in [1.82, 2.24) is 0 Å². The summed E-state index contributed by atoms with van der Waals surface area (Å²) in [5.74, 6) is -0.225. The first-order valence-electron chi connectivity index (χ1n) is 6.21. The molecule has 7 heteroatoms. The van der Waals surface area contributed by atoms with E-state index < -0.39 is 20.3 Å². The Labute approximate surface area is 132 Å². The molecule has 0 saturated carbocycles. The van der Waals surface area contributed by atoms with Gasteiger partial charge in [-0.1, -0.05) is 13.8 Å². The Morgan fingerprint density at radius 1 is 1.35 bits per heavy atom. The molecule has 114 valence electrons. The van der Waals surface area contributed by atoms with Crippen LogP contribution in [-0.4, -0.2) is 20.8 Å². The first-order chi connectivity index (χ1) is 9.21. The van der Waals surface area contributed by atoms with Crippen molar-refractivity contribution >= 4 is 35.7 Å². The highest BCUT2D eigenvalue weighted by Crippen LogP contribution is 2.33. The minimum absolute atomic E-state index is 0.161. The zero-order valence-corrected chi connectivity index (χ0v) is 14.5. The maximum Gasteiger partial charge on any atom is 0.233 e. The number of halogens is 3. The first-order valence-corrected chi connectivity index (χ1v) is 9.48. The van der Waals surface area contributed by atoms with Gasteiger partial charge in [-0.3, -0.25) is 0 Å². The lowest BCUT2D eigenvalue weighted by Crippen LogP contribution is -2.33. The molecule has 1 aromatic rings. The van der Waals surface area contributed by atoms with Gasteiger partial charge < -0.3 is 4.74 Å². The molecule has 0 atom stereocenters. The number of hydrogen-bond donors (Lipinski definition) is 0. The standard InChI is InChI=1S/C13H17BrClFO3S/c1-3-13(4-2,9-20(15,17)18)8-19-12-7-10(16)5-6-11(12)14/h5-7H,3-4,8-9H2,1-2H3. The van der Waals surface area contributed by atoms with Crippen molar-refractivity contribution in [2.45, 2.75) is 26.7 Å². The van der Waals surface area contributed by atoms with Gasteiger partial charge >= 0.3 is 0 Å². The zero-order valence-electron chi connectivity index (χ0n) is 11.3. The summed E-state index contributed by atoms with van der Waals surface area (Å²) < 4.78 is 42.1. The Morgan fingerprint density at radius 3 is 2.45 bits per heavy atom. The Balaban J connectivity index is 2.89. The number of hydrogen-bond acceptors (Lipinski definition) is 3. The lowest BCUT2D eigenvalue weighted by molar-refractivity contribution is 0.154. The molecule has 1 rings (SSSR count). The van der Waals surface area contributed by atoms with Crippen molar-refractivity contribution < 1.29 is 17.5 Å². The lowest BCUT2D eigenvalue weighted by Gasteiger charge is -2.30. The molecule has 3 nitrogen and oxygen atoms in total. The molecule has 0 amide bonds. The summed E-state index contributed by atoms with van der Waals surface area (Å²) in [6, 6.07) is 4.12. The number of benzene rings is 1. The Bertz CT molecular complexity index is 559. The second-order valence-corrected chi connectivity index (χ2v) is 8.38. The minimum atomic E-state index is -3.62. The fraction of sp³-hybridized carbons (Fsp3) is 0.538. The molecule has 0 aliphatic heterocycles. The molecule has 0 bridgehead atoms. The lowest BCUT2D eigenvalue weighted by atomic mass is 9.85. The summed E-state index contributed by atoms with van der Waals surface area (Å²) in [6.45, 7) is 3.93. The van der Waals surface area contributed by atoms with Crippen LogP contribution >= 0.6 is 26.6 Å². The van der Waals surface area contributed by atoms with E-state index in [2.05, 4.69) is 15.9 Å². The molecule has 0 saturated heterocycles. The van der Waals surface area contributed by atoms with Crippen LogP contribution in [0.2, 0.25) is 0 Å². The van der Waals surface area contributed by atoms with Gasteiger partial charge in [0.05, 0.1) is 16.8 Å². The maximum absolute atomic E-state index is 13.2. The summed E-state index contributed by atoms with van der Waals surface area (Å²) in [6.07, 6.45) is 1.20. The average molecular weight is 388 g/mol. The molecular formula is C13H17BrClFO3S. The van der Waals surface area contributed by atoms with Crippen LogP contribution in [0.15, 0.2) is 22.7 Å². The van der Waals surface area contributed by atoms with E-state index in [4.69, 9.17) is 15.4 Å². The van der Waals surface area contributed by atoms with Gasteiger partial charge in [-0.05, 0) is 40.9 Å². The summed E-state index contributed by atoms with van der Waals surface area (Å²) in [7, 11) is 1.74. The van der Waals surface area contributed by atoms with Crippen LogP contribution in [0.25, 0.3) is 0 Å². The summed E-state index contributed by atoms with van der Waals surface area (Å²) in [5.41, 5.74) is -0.577. The molecule has 0 fully saturated rings. The van der Waals surface area contributed by atoms with E-state index in [0.717, 1.165) is 0 Å². The smallest absolute Gasteiger partial charge is 0.233 e. The van der Waals surface area contributed by atoms with Gasteiger partial charge in [-0.25, -0.2) is 12.8 Å².